The lowest BCUT2D eigenvalue weighted by molar-refractivity contribution is -0.690. The number of ketones is 1. The molecule has 0 saturated heterocycles. The highest BCUT2D eigenvalue weighted by Crippen LogP contribution is 2.13. The molecular formula is C24H30ClN5O. The molecule has 0 fully saturated rings. The number of halogens is 1. The molecule has 0 aliphatic heterocycles. The number of hydrogen-bond acceptors (Lipinski definition) is 4. The fourth-order valence-electron chi connectivity index (χ4n) is 3.24. The van der Waals surface area contributed by atoms with E-state index in [0.29, 0.717) is 12.1 Å². The topological polar surface area (TPSA) is 44.7 Å². The predicted octanol–water partition coefficient (Wildman–Crippen LogP) is 0.239. The Labute approximate surface area is 190 Å². The molecule has 0 aliphatic carbocycles. The second-order valence-electron chi connectivity index (χ2n) is 7.64. The average molecular weight is 440 g/mol. The van der Waals surface area contributed by atoms with Crippen LogP contribution in [0.3, 0.4) is 0 Å². The maximum absolute atomic E-state index is 12.8. The van der Waals surface area contributed by atoms with Gasteiger partial charge in [0.2, 0.25) is 5.78 Å². The van der Waals surface area contributed by atoms with Gasteiger partial charge in [-0.05, 0) is 42.0 Å². The van der Waals surface area contributed by atoms with Gasteiger partial charge in [-0.1, -0.05) is 24.2 Å². The van der Waals surface area contributed by atoms with Gasteiger partial charge in [0, 0.05) is 51.5 Å². The van der Waals surface area contributed by atoms with Crippen LogP contribution in [0, 0.1) is 0 Å². The zero-order valence-corrected chi connectivity index (χ0v) is 19.5. The van der Waals surface area contributed by atoms with Crippen LogP contribution in [0.25, 0.3) is 0 Å². The summed E-state index contributed by atoms with van der Waals surface area (Å²) >= 11 is 0. The molecule has 0 N–H and O–H groups in total. The van der Waals surface area contributed by atoms with Crippen LogP contribution in [0.1, 0.15) is 28.7 Å². The summed E-state index contributed by atoms with van der Waals surface area (Å²) in [5, 5.41) is 4.59. The fraction of sp³-hybridized carbons (Fsp3) is 0.292. The number of carbonyl (C=O) groups excluding carboxylic acids is 1. The van der Waals surface area contributed by atoms with Crippen molar-refractivity contribution in [2.45, 2.75) is 19.9 Å². The molecule has 0 spiro atoms. The van der Waals surface area contributed by atoms with Gasteiger partial charge in [-0.15, -0.1) is 4.68 Å². The number of anilines is 2. The van der Waals surface area contributed by atoms with E-state index in [1.54, 1.807) is 0 Å². The first-order chi connectivity index (χ1) is 14.4. The van der Waals surface area contributed by atoms with Gasteiger partial charge in [-0.25, -0.2) is 4.57 Å². The van der Waals surface area contributed by atoms with E-state index in [1.807, 2.05) is 97.3 Å². The van der Waals surface area contributed by atoms with Gasteiger partial charge in [0.1, 0.15) is 6.20 Å². The van der Waals surface area contributed by atoms with E-state index in [-0.39, 0.29) is 18.2 Å². The van der Waals surface area contributed by atoms with Crippen molar-refractivity contribution in [3.05, 3.63) is 77.9 Å². The molecular weight excluding hydrogens is 410 g/mol. The van der Waals surface area contributed by atoms with Crippen molar-refractivity contribution in [1.29, 1.82) is 0 Å². The van der Waals surface area contributed by atoms with Crippen molar-refractivity contribution in [2.75, 3.05) is 38.0 Å². The Hall–Kier alpha value is -3.12. The number of Topliss-reactive ketones (excluding diaryl/α,β-unsaturated/α-hetero) is 1. The van der Waals surface area contributed by atoms with Gasteiger partial charge in [-0.2, -0.15) is 0 Å². The van der Waals surface area contributed by atoms with Crippen molar-refractivity contribution < 1.29 is 21.8 Å². The molecule has 164 valence electrons. The highest BCUT2D eigenvalue weighted by Gasteiger charge is 2.18. The molecule has 0 atom stereocenters. The Kier molecular flexibility index (Phi) is 8.39. The van der Waals surface area contributed by atoms with E-state index >= 15 is 0 Å². The Bertz CT molecular complexity index is 1020. The summed E-state index contributed by atoms with van der Waals surface area (Å²) in [7, 11) is 8.01. The van der Waals surface area contributed by atoms with Gasteiger partial charge in [0.15, 0.2) is 12.7 Å². The second-order valence-corrected chi connectivity index (χ2v) is 7.64. The fourth-order valence-corrected chi connectivity index (χ4v) is 3.24. The quantitative estimate of drug-likeness (QED) is 0.287. The minimum Gasteiger partial charge on any atom is -1.00 e. The molecule has 3 rings (SSSR count). The van der Waals surface area contributed by atoms with Crippen LogP contribution in [-0.2, 0) is 13.0 Å². The van der Waals surface area contributed by atoms with Gasteiger partial charge < -0.3 is 22.2 Å². The zero-order chi connectivity index (χ0) is 21.7. The molecule has 0 radical (unpaired) electrons. The molecule has 7 heteroatoms. The smallest absolute Gasteiger partial charge is 0.282 e. The standard InChI is InChI=1S/C24H30N5O.ClH/c1-6-24-28(18-23(30)20-9-13-22(14-10-20)27(4)5)15-16-29(24)25-17-19-7-11-21(12-8-19)26(2)3;/h7-17H,6,18H2,1-5H3;1H/q+1;/p-1. The molecule has 0 aliphatic rings. The van der Waals surface area contributed by atoms with E-state index in [2.05, 4.69) is 29.1 Å². The Morgan fingerprint density at radius 2 is 1.52 bits per heavy atom. The van der Waals surface area contributed by atoms with Gasteiger partial charge in [0.05, 0.1) is 6.21 Å². The zero-order valence-electron chi connectivity index (χ0n) is 18.8. The number of hydrogen-bond donors (Lipinski definition) is 0. The van der Waals surface area contributed by atoms with E-state index in [9.17, 15) is 4.79 Å². The number of imidazole rings is 1. The van der Waals surface area contributed by atoms with Crippen LogP contribution in [0.15, 0.2) is 66.0 Å². The molecule has 0 saturated carbocycles. The largest absolute Gasteiger partial charge is 1.00 e. The predicted molar refractivity (Wildman–Crippen MR) is 123 cm³/mol. The minimum atomic E-state index is 0. The summed E-state index contributed by atoms with van der Waals surface area (Å²) in [5.41, 5.74) is 3.97. The summed E-state index contributed by atoms with van der Waals surface area (Å²) in [6.45, 7) is 2.37. The van der Waals surface area contributed by atoms with Gasteiger partial charge >= 0.3 is 0 Å². The third kappa shape index (κ3) is 5.95. The Morgan fingerprint density at radius 1 is 0.968 bits per heavy atom. The van der Waals surface area contributed by atoms with Crippen LogP contribution < -0.4 is 26.8 Å². The Morgan fingerprint density at radius 3 is 2.03 bits per heavy atom. The lowest BCUT2D eigenvalue weighted by Crippen LogP contribution is -3.00. The normalized spacial score (nSPS) is 10.7. The first-order valence-electron chi connectivity index (χ1n) is 10.1. The third-order valence-electron chi connectivity index (χ3n) is 5.06. The Balaban J connectivity index is 0.00000341. The van der Waals surface area contributed by atoms with Crippen molar-refractivity contribution in [3.8, 4) is 0 Å². The number of carbonyl (C=O) groups is 1. The van der Waals surface area contributed by atoms with Crippen molar-refractivity contribution in [2.24, 2.45) is 5.10 Å². The van der Waals surface area contributed by atoms with Crippen LogP contribution >= 0.6 is 0 Å². The number of aromatic nitrogens is 2. The monoisotopic (exact) mass is 439 g/mol. The van der Waals surface area contributed by atoms with Crippen molar-refractivity contribution in [1.82, 2.24) is 4.68 Å². The maximum atomic E-state index is 12.8. The molecule has 6 nitrogen and oxygen atoms in total. The van der Waals surface area contributed by atoms with E-state index in [1.165, 1.54) is 0 Å². The summed E-state index contributed by atoms with van der Waals surface area (Å²) in [6, 6.07) is 15.9. The molecule has 0 unspecified atom stereocenters. The first kappa shape index (κ1) is 24.2. The first-order valence-corrected chi connectivity index (χ1v) is 10.1. The van der Waals surface area contributed by atoms with Crippen LogP contribution in [0.5, 0.6) is 0 Å². The average Bonchev–Trinajstić information content (AvgIpc) is 3.13. The lowest BCUT2D eigenvalue weighted by atomic mass is 10.1. The SMILES string of the molecule is CCc1n(N=Cc2ccc(N(C)C)cc2)cc[n+]1CC(=O)c1ccc(N(C)C)cc1.[Cl-]. The van der Waals surface area contributed by atoms with Crippen LogP contribution in [0.2, 0.25) is 0 Å². The highest BCUT2D eigenvalue weighted by molar-refractivity contribution is 5.95. The summed E-state index contributed by atoms with van der Waals surface area (Å²) in [6.07, 6.45) is 6.42. The highest BCUT2D eigenvalue weighted by atomic mass is 35.5. The second kappa shape index (κ2) is 10.8. The number of benzene rings is 2. The third-order valence-corrected chi connectivity index (χ3v) is 5.06. The molecule has 2 aromatic carbocycles. The molecule has 31 heavy (non-hydrogen) atoms. The molecule has 3 aromatic rings. The van der Waals surface area contributed by atoms with Gasteiger partial charge in [0.25, 0.3) is 5.82 Å². The molecule has 0 bridgehead atoms. The maximum Gasteiger partial charge on any atom is 0.282 e. The van der Waals surface area contributed by atoms with E-state index in [4.69, 9.17) is 0 Å². The molecule has 0 amide bonds. The molecule has 1 aromatic heterocycles. The van der Waals surface area contributed by atoms with E-state index < -0.39 is 0 Å². The number of nitrogens with zero attached hydrogens (tertiary/aromatic N) is 5. The van der Waals surface area contributed by atoms with E-state index in [0.717, 1.165) is 29.2 Å². The number of rotatable bonds is 8. The minimum absolute atomic E-state index is 0. The summed E-state index contributed by atoms with van der Waals surface area (Å²) in [4.78, 5) is 16.8. The van der Waals surface area contributed by atoms with Crippen molar-refractivity contribution in [3.63, 3.8) is 0 Å². The van der Waals surface area contributed by atoms with Crippen LogP contribution in [-0.4, -0.2) is 44.9 Å². The summed E-state index contributed by atoms with van der Waals surface area (Å²) in [5.74, 6) is 1.07. The lowest BCUT2D eigenvalue weighted by Gasteiger charge is -2.12. The van der Waals surface area contributed by atoms with Gasteiger partial charge in [-0.3, -0.25) is 4.79 Å². The summed E-state index contributed by atoms with van der Waals surface area (Å²) < 4.78 is 3.80. The van der Waals surface area contributed by atoms with Crippen LogP contribution in [0.4, 0.5) is 11.4 Å². The molecule has 1 heterocycles. The van der Waals surface area contributed by atoms with Crippen molar-refractivity contribution >= 4 is 23.4 Å².